The fourth-order valence-corrected chi connectivity index (χ4v) is 5.44. The number of nitrogens with zero attached hydrogens (tertiary/aromatic N) is 3. The fraction of sp³-hybridized carbons (Fsp3) is 0.308. The van der Waals surface area contributed by atoms with Gasteiger partial charge in [-0.05, 0) is 60.4 Å². The van der Waals surface area contributed by atoms with Gasteiger partial charge in [-0.1, -0.05) is 49.4 Å². The van der Waals surface area contributed by atoms with Gasteiger partial charge in [-0.3, -0.25) is 9.69 Å². The highest BCUT2D eigenvalue weighted by Gasteiger charge is 2.25. The maximum atomic E-state index is 13.9. The Morgan fingerprint density at radius 2 is 1.74 bits per heavy atom. The number of likely N-dealkylation sites (N-methyl/N-ethyl adjacent to an activating group) is 1. The maximum Gasteiger partial charge on any atom is 0.263 e. The third-order valence-electron chi connectivity index (χ3n) is 5.89. The predicted octanol–water partition coefficient (Wildman–Crippen LogP) is 6.59. The molecule has 5 nitrogen and oxygen atoms in total. The Bertz CT molecular complexity index is 1270. The molecular weight excluding hydrogens is 486 g/mol. The van der Waals surface area contributed by atoms with Gasteiger partial charge in [0, 0.05) is 18.0 Å². The van der Waals surface area contributed by atoms with Crippen LogP contribution in [0.5, 0.6) is 5.75 Å². The molecule has 0 atom stereocenters. The number of carbonyl (C=O) groups is 1. The van der Waals surface area contributed by atoms with Crippen molar-refractivity contribution in [1.29, 1.82) is 0 Å². The molecule has 3 aromatic carbocycles. The van der Waals surface area contributed by atoms with Crippen molar-refractivity contribution in [2.75, 3.05) is 44.4 Å². The molecule has 180 valence electrons. The number of thioether (sulfide) groups is 1. The van der Waals surface area contributed by atoms with Gasteiger partial charge >= 0.3 is 0 Å². The molecule has 0 N–H and O–H groups in total. The number of amides is 1. The summed E-state index contributed by atoms with van der Waals surface area (Å²) < 4.78 is 6.73. The van der Waals surface area contributed by atoms with Crippen molar-refractivity contribution in [2.24, 2.45) is 0 Å². The zero-order valence-corrected chi connectivity index (χ0v) is 22.4. The summed E-state index contributed by atoms with van der Waals surface area (Å²) in [6, 6.07) is 18.1. The third-order valence-corrected chi connectivity index (χ3v) is 7.66. The Kier molecular flexibility index (Phi) is 9.19. The molecule has 0 aliphatic rings. The van der Waals surface area contributed by atoms with Gasteiger partial charge in [-0.2, -0.15) is 0 Å². The Balaban J connectivity index is 0.00000324. The van der Waals surface area contributed by atoms with Crippen molar-refractivity contribution in [1.82, 2.24) is 9.88 Å². The molecule has 0 radical (unpaired) electrons. The van der Waals surface area contributed by atoms with E-state index in [1.54, 1.807) is 30.2 Å². The predicted molar refractivity (Wildman–Crippen MR) is 149 cm³/mol. The number of hydrogen-bond donors (Lipinski definition) is 0. The molecule has 8 heteroatoms. The van der Waals surface area contributed by atoms with Crippen LogP contribution in [-0.2, 0) is 0 Å². The van der Waals surface area contributed by atoms with Crippen LogP contribution in [0.4, 0.5) is 5.13 Å². The van der Waals surface area contributed by atoms with Gasteiger partial charge in [0.15, 0.2) is 5.13 Å². The van der Waals surface area contributed by atoms with E-state index in [1.165, 1.54) is 4.90 Å². The molecule has 0 unspecified atom stereocenters. The minimum atomic E-state index is -0.0890. The Hall–Kier alpha value is -2.32. The zero-order chi connectivity index (χ0) is 23.4. The van der Waals surface area contributed by atoms with Crippen LogP contribution in [0.3, 0.4) is 0 Å². The van der Waals surface area contributed by atoms with Gasteiger partial charge in [0.1, 0.15) is 5.75 Å². The number of fused-ring (bicyclic) bond motifs is 2. The van der Waals surface area contributed by atoms with Crippen LogP contribution in [0.2, 0.25) is 0 Å². The minimum Gasteiger partial charge on any atom is -0.496 e. The van der Waals surface area contributed by atoms with E-state index in [2.05, 4.69) is 37.1 Å². The van der Waals surface area contributed by atoms with Crippen LogP contribution < -0.4 is 9.64 Å². The van der Waals surface area contributed by atoms with E-state index < -0.39 is 0 Å². The number of anilines is 1. The first-order chi connectivity index (χ1) is 16.1. The highest BCUT2D eigenvalue weighted by atomic mass is 35.5. The fourth-order valence-electron chi connectivity index (χ4n) is 3.90. The van der Waals surface area contributed by atoms with E-state index in [1.807, 2.05) is 47.4 Å². The lowest BCUT2D eigenvalue weighted by Crippen LogP contribution is -2.39. The van der Waals surface area contributed by atoms with Crippen LogP contribution >= 0.6 is 35.5 Å². The lowest BCUT2D eigenvalue weighted by molar-refractivity contribution is 0.0981. The summed E-state index contributed by atoms with van der Waals surface area (Å²) in [5.74, 6) is 0.492. The second-order valence-corrected chi connectivity index (χ2v) is 9.60. The van der Waals surface area contributed by atoms with Crippen molar-refractivity contribution in [2.45, 2.75) is 18.7 Å². The number of carbonyl (C=O) groups excluding carboxylic acids is 1. The van der Waals surface area contributed by atoms with Gasteiger partial charge in [0.2, 0.25) is 0 Å². The summed E-state index contributed by atoms with van der Waals surface area (Å²) >= 11 is 3.27. The molecule has 0 aliphatic heterocycles. The van der Waals surface area contributed by atoms with Gasteiger partial charge in [0.05, 0.1) is 22.9 Å². The van der Waals surface area contributed by atoms with Crippen LogP contribution in [0.25, 0.3) is 21.0 Å². The van der Waals surface area contributed by atoms with Crippen LogP contribution in [0, 0.1) is 0 Å². The molecule has 1 amide bonds. The number of benzene rings is 3. The molecule has 0 saturated carbocycles. The Labute approximate surface area is 215 Å². The summed E-state index contributed by atoms with van der Waals surface area (Å²) in [6.45, 7) is 7.50. The number of rotatable bonds is 9. The second-order valence-electron chi connectivity index (χ2n) is 7.71. The van der Waals surface area contributed by atoms with Crippen LogP contribution in [0.15, 0.2) is 59.5 Å². The molecule has 0 fully saturated rings. The third kappa shape index (κ3) is 5.49. The first kappa shape index (κ1) is 26.3. The number of methoxy groups -OCH3 is 1. The first-order valence-electron chi connectivity index (χ1n) is 11.1. The molecule has 0 saturated heterocycles. The highest BCUT2D eigenvalue weighted by Crippen LogP contribution is 2.34. The summed E-state index contributed by atoms with van der Waals surface area (Å²) in [6.07, 6.45) is 2.06. The van der Waals surface area contributed by atoms with E-state index in [0.717, 1.165) is 45.8 Å². The monoisotopic (exact) mass is 515 g/mol. The lowest BCUT2D eigenvalue weighted by Gasteiger charge is -2.25. The van der Waals surface area contributed by atoms with Gasteiger partial charge < -0.3 is 9.64 Å². The van der Waals surface area contributed by atoms with Crippen molar-refractivity contribution >= 4 is 67.5 Å². The number of ether oxygens (including phenoxy) is 1. The first-order valence-corrected chi connectivity index (χ1v) is 13.2. The van der Waals surface area contributed by atoms with Crippen molar-refractivity contribution < 1.29 is 9.53 Å². The van der Waals surface area contributed by atoms with Crippen LogP contribution in [0.1, 0.15) is 24.2 Å². The number of halogens is 1. The molecule has 1 heterocycles. The smallest absolute Gasteiger partial charge is 0.263 e. The molecule has 0 aliphatic carbocycles. The van der Waals surface area contributed by atoms with Crippen molar-refractivity contribution in [3.05, 3.63) is 60.2 Å². The normalized spacial score (nSPS) is 11.1. The van der Waals surface area contributed by atoms with Crippen LogP contribution in [-0.4, -0.2) is 55.3 Å². The molecule has 0 spiro atoms. The molecule has 0 bridgehead atoms. The number of aromatic nitrogens is 1. The standard InChI is InChI=1S/C26H29N3O2S2.ClH/c1-5-28(6-2)13-14-29(26-27-22-12-11-20(32-4)17-24(22)33-26)25(30)21-15-18-9-7-8-10-19(18)16-23(21)31-3;/h7-12,15-17H,5-6,13-14H2,1-4H3;1H. The average Bonchev–Trinajstić information content (AvgIpc) is 3.28. The molecule has 1 aromatic heterocycles. The van der Waals surface area contributed by atoms with E-state index in [4.69, 9.17) is 9.72 Å². The summed E-state index contributed by atoms with van der Waals surface area (Å²) in [5, 5.41) is 2.78. The number of thiazole rings is 1. The topological polar surface area (TPSA) is 45.7 Å². The number of hydrogen-bond acceptors (Lipinski definition) is 6. The average molecular weight is 516 g/mol. The van der Waals surface area contributed by atoms with Crippen molar-refractivity contribution in [3.8, 4) is 5.75 Å². The largest absolute Gasteiger partial charge is 0.496 e. The van der Waals surface area contributed by atoms with Gasteiger partial charge in [-0.15, -0.1) is 24.2 Å². The molecule has 4 rings (SSSR count). The molecular formula is C26H30ClN3O2S2. The SMILES string of the molecule is CCN(CC)CCN(C(=O)c1cc2ccccc2cc1OC)c1nc2ccc(SC)cc2s1.Cl. The van der Waals surface area contributed by atoms with Gasteiger partial charge in [0.25, 0.3) is 5.91 Å². The Morgan fingerprint density at radius 3 is 2.38 bits per heavy atom. The molecule has 4 aromatic rings. The van der Waals surface area contributed by atoms with Gasteiger partial charge in [-0.25, -0.2) is 4.98 Å². The lowest BCUT2D eigenvalue weighted by atomic mass is 10.0. The summed E-state index contributed by atoms with van der Waals surface area (Å²) in [4.78, 5) is 24.1. The van der Waals surface area contributed by atoms with Crippen molar-refractivity contribution in [3.63, 3.8) is 0 Å². The van der Waals surface area contributed by atoms with E-state index in [-0.39, 0.29) is 18.3 Å². The Morgan fingerprint density at radius 1 is 1.03 bits per heavy atom. The van der Waals surface area contributed by atoms with E-state index in [0.29, 0.717) is 17.9 Å². The second kappa shape index (κ2) is 11.9. The zero-order valence-electron chi connectivity index (χ0n) is 19.9. The maximum absolute atomic E-state index is 13.9. The summed E-state index contributed by atoms with van der Waals surface area (Å²) in [5.41, 5.74) is 1.47. The molecule has 34 heavy (non-hydrogen) atoms. The quantitative estimate of drug-likeness (QED) is 0.235. The van der Waals surface area contributed by atoms with E-state index >= 15 is 0 Å². The van der Waals surface area contributed by atoms with E-state index in [9.17, 15) is 4.79 Å². The highest BCUT2D eigenvalue weighted by molar-refractivity contribution is 7.98. The summed E-state index contributed by atoms with van der Waals surface area (Å²) in [7, 11) is 1.61. The minimum absolute atomic E-state index is 0.